The minimum atomic E-state index is -4.38. The van der Waals surface area contributed by atoms with Crippen LogP contribution in [-0.4, -0.2) is 9.78 Å². The molecule has 0 unspecified atom stereocenters. The van der Waals surface area contributed by atoms with Crippen LogP contribution in [-0.2, 0) is 19.8 Å². The first-order valence-electron chi connectivity index (χ1n) is 5.87. The Balaban J connectivity index is 2.19. The fraction of sp³-hybridized carbons (Fsp3) is 0.308. The standard InChI is InChI=1S/C13H13ClF3N3/c1-8-9(7-19-20(8)2)6-18-12-5-10(13(15,16)17)3-4-11(12)14/h3-5,7,18H,6H2,1-2H3. The molecule has 0 aliphatic heterocycles. The van der Waals surface area contributed by atoms with E-state index >= 15 is 0 Å². The number of nitrogens with zero attached hydrogens (tertiary/aromatic N) is 2. The predicted molar refractivity (Wildman–Crippen MR) is 71.7 cm³/mol. The van der Waals surface area contributed by atoms with E-state index in [1.54, 1.807) is 17.9 Å². The highest BCUT2D eigenvalue weighted by molar-refractivity contribution is 6.33. The molecule has 1 aromatic heterocycles. The van der Waals surface area contributed by atoms with Gasteiger partial charge in [0.25, 0.3) is 0 Å². The van der Waals surface area contributed by atoms with Gasteiger partial charge in [-0.25, -0.2) is 0 Å². The Kier molecular flexibility index (Phi) is 3.94. The molecule has 2 aromatic rings. The summed E-state index contributed by atoms with van der Waals surface area (Å²) < 4.78 is 39.6. The number of nitrogens with one attached hydrogen (secondary N) is 1. The van der Waals surface area contributed by atoms with Gasteiger partial charge in [-0.05, 0) is 25.1 Å². The number of rotatable bonds is 3. The van der Waals surface area contributed by atoms with Crippen LogP contribution in [0.25, 0.3) is 0 Å². The lowest BCUT2D eigenvalue weighted by atomic mass is 10.2. The van der Waals surface area contributed by atoms with Gasteiger partial charge in [-0.1, -0.05) is 11.6 Å². The van der Waals surface area contributed by atoms with Crippen molar-refractivity contribution >= 4 is 17.3 Å². The zero-order valence-electron chi connectivity index (χ0n) is 10.9. The van der Waals surface area contributed by atoms with Crippen LogP contribution in [0.2, 0.25) is 5.02 Å². The van der Waals surface area contributed by atoms with Gasteiger partial charge in [0.05, 0.1) is 22.5 Å². The minimum Gasteiger partial charge on any atom is -0.380 e. The summed E-state index contributed by atoms with van der Waals surface area (Å²) in [6.07, 6.45) is -2.71. The van der Waals surface area contributed by atoms with Crippen molar-refractivity contribution in [2.45, 2.75) is 19.6 Å². The average molecular weight is 304 g/mol. The fourth-order valence-corrected chi connectivity index (χ4v) is 1.93. The van der Waals surface area contributed by atoms with Crippen LogP contribution in [0.1, 0.15) is 16.8 Å². The maximum absolute atomic E-state index is 12.6. The second-order valence-corrected chi connectivity index (χ2v) is 4.83. The second kappa shape index (κ2) is 5.36. The maximum Gasteiger partial charge on any atom is 0.416 e. The molecule has 0 aliphatic rings. The van der Waals surface area contributed by atoms with Crippen molar-refractivity contribution in [2.75, 3.05) is 5.32 Å². The molecular weight excluding hydrogens is 291 g/mol. The van der Waals surface area contributed by atoms with E-state index in [2.05, 4.69) is 10.4 Å². The van der Waals surface area contributed by atoms with E-state index in [-0.39, 0.29) is 10.7 Å². The topological polar surface area (TPSA) is 29.9 Å². The smallest absolute Gasteiger partial charge is 0.380 e. The normalized spacial score (nSPS) is 11.7. The molecule has 2 rings (SSSR count). The molecule has 20 heavy (non-hydrogen) atoms. The van der Waals surface area contributed by atoms with E-state index in [0.29, 0.717) is 6.54 Å². The zero-order chi connectivity index (χ0) is 14.9. The van der Waals surface area contributed by atoms with E-state index in [1.165, 1.54) is 6.07 Å². The summed E-state index contributed by atoms with van der Waals surface area (Å²) in [5, 5.41) is 7.23. The second-order valence-electron chi connectivity index (χ2n) is 4.42. The van der Waals surface area contributed by atoms with Crippen LogP contribution in [0.3, 0.4) is 0 Å². The third kappa shape index (κ3) is 3.07. The molecule has 7 heteroatoms. The van der Waals surface area contributed by atoms with Gasteiger partial charge < -0.3 is 5.32 Å². The van der Waals surface area contributed by atoms with Gasteiger partial charge in [0.15, 0.2) is 0 Å². The van der Waals surface area contributed by atoms with Gasteiger partial charge in [-0.2, -0.15) is 18.3 Å². The van der Waals surface area contributed by atoms with Crippen molar-refractivity contribution in [3.05, 3.63) is 46.2 Å². The van der Waals surface area contributed by atoms with Crippen molar-refractivity contribution in [3.63, 3.8) is 0 Å². The average Bonchev–Trinajstić information content (AvgIpc) is 2.68. The third-order valence-electron chi connectivity index (χ3n) is 3.10. The van der Waals surface area contributed by atoms with Crippen molar-refractivity contribution in [3.8, 4) is 0 Å². The van der Waals surface area contributed by atoms with Gasteiger partial charge in [0.1, 0.15) is 0 Å². The lowest BCUT2D eigenvalue weighted by molar-refractivity contribution is -0.137. The highest BCUT2D eigenvalue weighted by Gasteiger charge is 2.30. The molecule has 0 saturated heterocycles. The number of halogens is 4. The van der Waals surface area contributed by atoms with Gasteiger partial charge >= 0.3 is 6.18 Å². The zero-order valence-corrected chi connectivity index (χ0v) is 11.7. The lowest BCUT2D eigenvalue weighted by Gasteiger charge is -2.12. The number of alkyl halides is 3. The van der Waals surface area contributed by atoms with Crippen LogP contribution in [0, 0.1) is 6.92 Å². The summed E-state index contributed by atoms with van der Waals surface area (Å²) in [4.78, 5) is 0. The molecule has 0 atom stereocenters. The van der Waals surface area contributed by atoms with Gasteiger partial charge in [0, 0.05) is 24.8 Å². The first-order valence-corrected chi connectivity index (χ1v) is 6.25. The Bertz CT molecular complexity index is 620. The van der Waals surface area contributed by atoms with Gasteiger partial charge in [0.2, 0.25) is 0 Å². The van der Waals surface area contributed by atoms with Gasteiger partial charge in [-0.3, -0.25) is 4.68 Å². The van der Waals surface area contributed by atoms with Crippen LogP contribution in [0.4, 0.5) is 18.9 Å². The first-order chi connectivity index (χ1) is 9.29. The number of hydrogen-bond acceptors (Lipinski definition) is 2. The highest BCUT2D eigenvalue weighted by Crippen LogP contribution is 2.34. The fourth-order valence-electron chi connectivity index (χ4n) is 1.75. The van der Waals surface area contributed by atoms with Crippen LogP contribution in [0.5, 0.6) is 0 Å². The Morgan fingerprint density at radius 1 is 1.35 bits per heavy atom. The molecule has 1 heterocycles. The summed E-state index contributed by atoms with van der Waals surface area (Å²) in [6.45, 7) is 2.25. The summed E-state index contributed by atoms with van der Waals surface area (Å²) in [7, 11) is 1.80. The molecular formula is C13H13ClF3N3. The molecule has 1 aromatic carbocycles. The third-order valence-corrected chi connectivity index (χ3v) is 3.43. The van der Waals surface area contributed by atoms with E-state index in [1.807, 2.05) is 6.92 Å². The first kappa shape index (κ1) is 14.7. The van der Waals surface area contributed by atoms with Crippen molar-refractivity contribution in [1.29, 1.82) is 0 Å². The number of benzene rings is 1. The molecule has 0 aliphatic carbocycles. The Labute approximate surface area is 119 Å². The molecule has 0 saturated carbocycles. The largest absolute Gasteiger partial charge is 0.416 e. The summed E-state index contributed by atoms with van der Waals surface area (Å²) >= 11 is 5.91. The summed E-state index contributed by atoms with van der Waals surface area (Å²) in [5.74, 6) is 0. The summed E-state index contributed by atoms with van der Waals surface area (Å²) in [6, 6.07) is 3.21. The van der Waals surface area contributed by atoms with E-state index in [4.69, 9.17) is 11.6 Å². The Morgan fingerprint density at radius 3 is 2.60 bits per heavy atom. The number of anilines is 1. The molecule has 0 fully saturated rings. The van der Waals surface area contributed by atoms with Crippen LogP contribution >= 0.6 is 11.6 Å². The molecule has 0 amide bonds. The lowest BCUT2D eigenvalue weighted by Crippen LogP contribution is -2.07. The SMILES string of the molecule is Cc1c(CNc2cc(C(F)(F)F)ccc2Cl)cnn1C. The minimum absolute atomic E-state index is 0.250. The van der Waals surface area contributed by atoms with Crippen molar-refractivity contribution < 1.29 is 13.2 Å². The molecule has 0 radical (unpaired) electrons. The van der Waals surface area contributed by atoms with Crippen molar-refractivity contribution in [1.82, 2.24) is 9.78 Å². The Morgan fingerprint density at radius 2 is 2.05 bits per heavy atom. The Hall–Kier alpha value is -1.69. The maximum atomic E-state index is 12.6. The van der Waals surface area contributed by atoms with Crippen LogP contribution < -0.4 is 5.32 Å². The van der Waals surface area contributed by atoms with E-state index in [9.17, 15) is 13.2 Å². The molecule has 0 bridgehead atoms. The highest BCUT2D eigenvalue weighted by atomic mass is 35.5. The molecule has 0 spiro atoms. The molecule has 1 N–H and O–H groups in total. The quantitative estimate of drug-likeness (QED) is 0.928. The summed E-state index contributed by atoms with van der Waals surface area (Å²) in [5.41, 5.74) is 1.37. The van der Waals surface area contributed by atoms with E-state index < -0.39 is 11.7 Å². The number of aryl methyl sites for hydroxylation is 1. The number of hydrogen-bond donors (Lipinski definition) is 1. The van der Waals surface area contributed by atoms with Crippen LogP contribution in [0.15, 0.2) is 24.4 Å². The van der Waals surface area contributed by atoms with Crippen molar-refractivity contribution in [2.24, 2.45) is 7.05 Å². The predicted octanol–water partition coefficient (Wildman–Crippen LogP) is 4.01. The molecule has 108 valence electrons. The van der Waals surface area contributed by atoms with E-state index in [0.717, 1.165) is 23.4 Å². The monoisotopic (exact) mass is 303 g/mol. The number of aromatic nitrogens is 2. The molecule has 3 nitrogen and oxygen atoms in total. The van der Waals surface area contributed by atoms with Gasteiger partial charge in [-0.15, -0.1) is 0 Å².